The Bertz CT molecular complexity index is 766. The van der Waals surface area contributed by atoms with E-state index in [1.807, 2.05) is 0 Å². The third-order valence-electron chi connectivity index (χ3n) is 11.7. The van der Waals surface area contributed by atoms with Crippen LogP contribution in [-0.2, 0) is 14.3 Å². The first-order valence-corrected chi connectivity index (χ1v) is 17.2. The predicted molar refractivity (Wildman–Crippen MR) is 154 cm³/mol. The molecule has 39 heavy (non-hydrogen) atoms. The SMILES string of the molecule is O=C(O)C1CCC2NC(C3CCC(OC4CCCCC4)CC3)C(C3CCC(OC4CCCCC4)CC3)NC2C1. The maximum Gasteiger partial charge on any atom is 0.306 e. The molecule has 6 heteroatoms. The summed E-state index contributed by atoms with van der Waals surface area (Å²) in [4.78, 5) is 11.8. The molecule has 0 aromatic heterocycles. The lowest BCUT2D eigenvalue weighted by Gasteiger charge is -2.53. The van der Waals surface area contributed by atoms with Crippen molar-refractivity contribution in [1.82, 2.24) is 10.6 Å². The largest absolute Gasteiger partial charge is 0.481 e. The molecule has 0 amide bonds. The van der Waals surface area contributed by atoms with E-state index >= 15 is 0 Å². The fraction of sp³-hybridized carbons (Fsp3) is 0.970. The van der Waals surface area contributed by atoms with Crippen LogP contribution >= 0.6 is 0 Å². The van der Waals surface area contributed by atoms with Crippen LogP contribution in [0.3, 0.4) is 0 Å². The number of carbonyl (C=O) groups is 1. The smallest absolute Gasteiger partial charge is 0.306 e. The summed E-state index contributed by atoms with van der Waals surface area (Å²) in [5, 5.41) is 18.0. The molecule has 0 aromatic carbocycles. The number of carboxylic acid groups (broad SMARTS) is 1. The van der Waals surface area contributed by atoms with Crippen molar-refractivity contribution >= 4 is 5.97 Å². The molecule has 6 aliphatic rings. The summed E-state index contributed by atoms with van der Waals surface area (Å²) in [6.07, 6.45) is 27.5. The van der Waals surface area contributed by atoms with Crippen molar-refractivity contribution in [2.75, 3.05) is 0 Å². The van der Waals surface area contributed by atoms with Crippen molar-refractivity contribution in [3.05, 3.63) is 0 Å². The maximum atomic E-state index is 11.8. The molecule has 0 aromatic rings. The lowest BCUT2D eigenvalue weighted by atomic mass is 9.69. The molecule has 6 nitrogen and oxygen atoms in total. The minimum Gasteiger partial charge on any atom is -0.481 e. The van der Waals surface area contributed by atoms with E-state index < -0.39 is 5.97 Å². The van der Waals surface area contributed by atoms with Gasteiger partial charge in [-0.25, -0.2) is 0 Å². The second-order valence-corrected chi connectivity index (χ2v) is 14.3. The number of hydrogen-bond donors (Lipinski definition) is 3. The lowest BCUT2D eigenvalue weighted by molar-refractivity contribution is -0.143. The van der Waals surface area contributed by atoms with Gasteiger partial charge in [-0.3, -0.25) is 4.79 Å². The van der Waals surface area contributed by atoms with Crippen LogP contribution in [0.15, 0.2) is 0 Å². The number of fused-ring (bicyclic) bond motifs is 1. The summed E-state index contributed by atoms with van der Waals surface area (Å²) in [7, 11) is 0. The highest BCUT2D eigenvalue weighted by Gasteiger charge is 2.47. The zero-order valence-electron chi connectivity index (χ0n) is 24.4. The van der Waals surface area contributed by atoms with Gasteiger partial charge in [0.25, 0.3) is 0 Å². The Hall–Kier alpha value is -0.690. The molecule has 1 aliphatic heterocycles. The first-order valence-electron chi connectivity index (χ1n) is 17.2. The summed E-state index contributed by atoms with van der Waals surface area (Å²) in [6, 6.07) is 1.67. The first-order chi connectivity index (χ1) is 19.1. The number of nitrogens with one attached hydrogen (secondary N) is 2. The van der Waals surface area contributed by atoms with E-state index in [0.29, 0.717) is 60.4 Å². The van der Waals surface area contributed by atoms with Gasteiger partial charge in [0.1, 0.15) is 0 Å². The average Bonchev–Trinajstić information content (AvgIpc) is 2.98. The lowest BCUT2D eigenvalue weighted by Crippen LogP contribution is -2.71. The molecule has 5 atom stereocenters. The monoisotopic (exact) mass is 544 g/mol. The summed E-state index contributed by atoms with van der Waals surface area (Å²) in [5.41, 5.74) is 0. The van der Waals surface area contributed by atoms with Crippen molar-refractivity contribution in [2.24, 2.45) is 17.8 Å². The predicted octanol–water partition coefficient (Wildman–Crippen LogP) is 6.35. The fourth-order valence-corrected chi connectivity index (χ4v) is 9.45. The van der Waals surface area contributed by atoms with Crippen molar-refractivity contribution in [2.45, 2.75) is 183 Å². The molecule has 5 saturated carbocycles. The van der Waals surface area contributed by atoms with Gasteiger partial charge >= 0.3 is 5.97 Å². The van der Waals surface area contributed by atoms with Gasteiger partial charge in [-0.15, -0.1) is 0 Å². The van der Waals surface area contributed by atoms with E-state index in [-0.39, 0.29) is 5.92 Å². The number of hydrogen-bond acceptors (Lipinski definition) is 5. The van der Waals surface area contributed by atoms with E-state index in [1.54, 1.807) is 0 Å². The molecule has 6 fully saturated rings. The van der Waals surface area contributed by atoms with Crippen LogP contribution in [0, 0.1) is 17.8 Å². The van der Waals surface area contributed by atoms with E-state index in [0.717, 1.165) is 19.3 Å². The van der Waals surface area contributed by atoms with Gasteiger partial charge in [0, 0.05) is 24.2 Å². The van der Waals surface area contributed by atoms with Crippen LogP contribution in [0.4, 0.5) is 0 Å². The van der Waals surface area contributed by atoms with E-state index in [9.17, 15) is 9.90 Å². The topological polar surface area (TPSA) is 79.8 Å². The first kappa shape index (κ1) is 28.4. The standard InChI is InChI=1S/C33H56N2O4/c36-33(37)24-15-20-29-30(21-24)35-32(23-13-18-28(19-14-23)39-26-9-5-2-6-10-26)31(34-29)22-11-16-27(17-12-22)38-25-7-3-1-4-8-25/h22-32,34-35H,1-21H2,(H,36,37). The quantitative estimate of drug-likeness (QED) is 0.346. The van der Waals surface area contributed by atoms with Crippen molar-refractivity contribution in [1.29, 1.82) is 0 Å². The summed E-state index contributed by atoms with van der Waals surface area (Å²) >= 11 is 0. The zero-order chi connectivity index (χ0) is 26.6. The van der Waals surface area contributed by atoms with Gasteiger partial charge < -0.3 is 25.2 Å². The van der Waals surface area contributed by atoms with Gasteiger partial charge in [0.05, 0.1) is 30.3 Å². The molecule has 5 unspecified atom stereocenters. The number of carboxylic acids is 1. The summed E-state index contributed by atoms with van der Waals surface area (Å²) in [6.45, 7) is 0. The fourth-order valence-electron chi connectivity index (χ4n) is 9.45. The molecular formula is C33H56N2O4. The Morgan fingerprint density at radius 1 is 0.513 bits per heavy atom. The molecule has 5 aliphatic carbocycles. The van der Waals surface area contributed by atoms with Crippen molar-refractivity contribution in [3.63, 3.8) is 0 Å². The highest BCUT2D eigenvalue weighted by Crippen LogP contribution is 2.40. The zero-order valence-corrected chi connectivity index (χ0v) is 24.4. The third kappa shape index (κ3) is 7.21. The number of rotatable bonds is 7. The molecule has 0 bridgehead atoms. The van der Waals surface area contributed by atoms with Gasteiger partial charge in [-0.1, -0.05) is 38.5 Å². The molecule has 0 spiro atoms. The minimum absolute atomic E-state index is 0.190. The van der Waals surface area contributed by atoms with Gasteiger partial charge in [-0.05, 0) is 108 Å². The molecule has 1 saturated heterocycles. The maximum absolute atomic E-state index is 11.8. The van der Waals surface area contributed by atoms with E-state index in [4.69, 9.17) is 9.47 Å². The molecule has 6 rings (SSSR count). The van der Waals surface area contributed by atoms with Crippen molar-refractivity contribution in [3.8, 4) is 0 Å². The average molecular weight is 545 g/mol. The van der Waals surface area contributed by atoms with Crippen LogP contribution in [0.25, 0.3) is 0 Å². The highest BCUT2D eigenvalue weighted by atomic mass is 16.5. The third-order valence-corrected chi connectivity index (χ3v) is 11.7. The van der Waals surface area contributed by atoms with E-state index in [1.165, 1.54) is 116 Å². The van der Waals surface area contributed by atoms with Crippen LogP contribution in [0.1, 0.15) is 135 Å². The van der Waals surface area contributed by atoms with Gasteiger partial charge in [0.2, 0.25) is 0 Å². The molecule has 222 valence electrons. The Kier molecular flexibility index (Phi) is 9.86. The summed E-state index contributed by atoms with van der Waals surface area (Å²) < 4.78 is 13.2. The van der Waals surface area contributed by atoms with E-state index in [2.05, 4.69) is 10.6 Å². The molecule has 1 heterocycles. The van der Waals surface area contributed by atoms with Crippen molar-refractivity contribution < 1.29 is 19.4 Å². The second-order valence-electron chi connectivity index (χ2n) is 14.3. The number of ether oxygens (including phenoxy) is 2. The van der Waals surface area contributed by atoms with Crippen LogP contribution in [-0.4, -0.2) is 59.7 Å². The molecule has 0 radical (unpaired) electrons. The number of piperazine rings is 1. The summed E-state index contributed by atoms with van der Waals surface area (Å²) in [5.74, 6) is 0.564. The second kappa shape index (κ2) is 13.5. The molecular weight excluding hydrogens is 488 g/mol. The normalized spacial score (nSPS) is 43.0. The van der Waals surface area contributed by atoms with Gasteiger partial charge in [-0.2, -0.15) is 0 Å². The van der Waals surface area contributed by atoms with Crippen LogP contribution in [0.2, 0.25) is 0 Å². The number of aliphatic carboxylic acids is 1. The van der Waals surface area contributed by atoms with Crippen LogP contribution in [0.5, 0.6) is 0 Å². The van der Waals surface area contributed by atoms with Crippen LogP contribution < -0.4 is 10.6 Å². The Labute approximate surface area is 237 Å². The highest BCUT2D eigenvalue weighted by molar-refractivity contribution is 5.70. The minimum atomic E-state index is -0.606. The molecule has 3 N–H and O–H groups in total. The Morgan fingerprint density at radius 3 is 1.41 bits per heavy atom. The Morgan fingerprint density at radius 2 is 0.949 bits per heavy atom. The Balaban J connectivity index is 1.07. The van der Waals surface area contributed by atoms with Gasteiger partial charge in [0.15, 0.2) is 0 Å².